The lowest BCUT2D eigenvalue weighted by molar-refractivity contribution is 0.642. The molecule has 2 nitrogen and oxygen atoms in total. The van der Waals surface area contributed by atoms with E-state index in [2.05, 4.69) is 17.2 Å². The smallest absolute Gasteiger partial charge is 0.0373 e. The predicted octanol–water partition coefficient (Wildman–Crippen LogP) is 2.68. The molecule has 13 heavy (non-hydrogen) atoms. The second-order valence-corrected chi connectivity index (χ2v) is 3.96. The van der Waals surface area contributed by atoms with E-state index in [0.717, 1.165) is 5.92 Å². The third kappa shape index (κ3) is 2.72. The van der Waals surface area contributed by atoms with Crippen molar-refractivity contribution in [1.29, 1.82) is 0 Å². The van der Waals surface area contributed by atoms with Crippen LogP contribution in [0.25, 0.3) is 0 Å². The Kier molecular flexibility index (Phi) is 2.48. The molecule has 1 saturated carbocycles. The summed E-state index contributed by atoms with van der Waals surface area (Å²) in [5.41, 5.74) is 1.18. The Bertz CT molecular complexity index is 254. The summed E-state index contributed by atoms with van der Waals surface area (Å²) in [4.78, 5) is 3.99. The largest absolute Gasteiger partial charge is 0.382 e. The molecule has 1 N–H and O–H groups in total. The summed E-state index contributed by atoms with van der Waals surface area (Å²) in [6.07, 6.45) is 7.82. The van der Waals surface area contributed by atoms with E-state index in [1.165, 1.54) is 24.9 Å². The fourth-order valence-corrected chi connectivity index (χ4v) is 1.65. The minimum atomic E-state index is 0.592. The van der Waals surface area contributed by atoms with E-state index in [-0.39, 0.29) is 0 Å². The molecule has 70 valence electrons. The summed E-state index contributed by atoms with van der Waals surface area (Å²) < 4.78 is 0. The molecule has 0 spiro atoms. The molecule has 0 saturated heterocycles. The lowest BCUT2D eigenvalue weighted by Gasteiger charge is -2.14. The van der Waals surface area contributed by atoms with Crippen molar-refractivity contribution in [1.82, 2.24) is 4.98 Å². The third-order valence-corrected chi connectivity index (χ3v) is 2.48. The number of aromatic nitrogens is 1. The molecule has 1 aromatic heterocycles. The van der Waals surface area contributed by atoms with Crippen LogP contribution in [0.2, 0.25) is 0 Å². The van der Waals surface area contributed by atoms with E-state index >= 15 is 0 Å². The maximum Gasteiger partial charge on any atom is 0.0373 e. The van der Waals surface area contributed by atoms with Crippen molar-refractivity contribution in [2.24, 2.45) is 5.92 Å². The van der Waals surface area contributed by atoms with Crippen molar-refractivity contribution >= 4 is 5.69 Å². The van der Waals surface area contributed by atoms with Crippen LogP contribution in [0, 0.1) is 5.92 Å². The molecule has 0 aromatic carbocycles. The van der Waals surface area contributed by atoms with E-state index in [0.29, 0.717) is 6.04 Å². The Morgan fingerprint density at radius 1 is 1.46 bits per heavy atom. The first-order chi connectivity index (χ1) is 6.34. The van der Waals surface area contributed by atoms with Gasteiger partial charge in [-0.3, -0.25) is 4.98 Å². The van der Waals surface area contributed by atoms with E-state index in [1.54, 1.807) is 0 Å². The van der Waals surface area contributed by atoms with Crippen LogP contribution < -0.4 is 5.32 Å². The van der Waals surface area contributed by atoms with Gasteiger partial charge in [-0.25, -0.2) is 0 Å². The van der Waals surface area contributed by atoms with Crippen molar-refractivity contribution in [3.63, 3.8) is 0 Å². The van der Waals surface area contributed by atoms with Crippen LogP contribution in [-0.2, 0) is 0 Å². The van der Waals surface area contributed by atoms with Gasteiger partial charge in [0.1, 0.15) is 0 Å². The molecule has 1 aliphatic carbocycles. The Balaban J connectivity index is 1.82. The van der Waals surface area contributed by atoms with Crippen molar-refractivity contribution in [2.45, 2.75) is 32.2 Å². The highest BCUT2D eigenvalue weighted by Gasteiger charge is 2.23. The molecule has 1 aromatic rings. The van der Waals surface area contributed by atoms with Gasteiger partial charge in [-0.05, 0) is 31.4 Å². The van der Waals surface area contributed by atoms with Crippen LogP contribution in [-0.4, -0.2) is 11.0 Å². The Hall–Kier alpha value is -1.05. The summed E-state index contributed by atoms with van der Waals surface area (Å²) in [6, 6.07) is 4.63. The molecule has 1 aliphatic rings. The number of anilines is 1. The molecule has 1 unspecified atom stereocenters. The fraction of sp³-hybridized carbons (Fsp3) is 0.545. The van der Waals surface area contributed by atoms with E-state index in [4.69, 9.17) is 0 Å². The second-order valence-electron chi connectivity index (χ2n) is 3.96. The van der Waals surface area contributed by atoms with Crippen molar-refractivity contribution < 1.29 is 0 Å². The first-order valence-corrected chi connectivity index (χ1v) is 5.01. The van der Waals surface area contributed by atoms with Crippen LogP contribution in [0.4, 0.5) is 5.69 Å². The summed E-state index contributed by atoms with van der Waals surface area (Å²) >= 11 is 0. The van der Waals surface area contributed by atoms with Gasteiger partial charge in [0.2, 0.25) is 0 Å². The van der Waals surface area contributed by atoms with Crippen LogP contribution >= 0.6 is 0 Å². The highest BCUT2D eigenvalue weighted by molar-refractivity contribution is 5.41. The summed E-state index contributed by atoms with van der Waals surface area (Å²) in [5.74, 6) is 0.990. The minimum absolute atomic E-state index is 0.592. The van der Waals surface area contributed by atoms with Crippen LogP contribution in [0.3, 0.4) is 0 Å². The van der Waals surface area contributed by atoms with Crippen LogP contribution in [0.1, 0.15) is 26.2 Å². The zero-order valence-corrected chi connectivity index (χ0v) is 8.03. The molecule has 2 rings (SSSR count). The van der Waals surface area contributed by atoms with Crippen molar-refractivity contribution in [3.05, 3.63) is 24.5 Å². The zero-order valence-electron chi connectivity index (χ0n) is 8.03. The minimum Gasteiger partial charge on any atom is -0.382 e. The molecule has 0 bridgehead atoms. The predicted molar refractivity (Wildman–Crippen MR) is 54.7 cm³/mol. The number of rotatable bonds is 4. The van der Waals surface area contributed by atoms with Gasteiger partial charge < -0.3 is 5.32 Å². The Morgan fingerprint density at radius 3 is 2.77 bits per heavy atom. The van der Waals surface area contributed by atoms with Gasteiger partial charge in [0.15, 0.2) is 0 Å². The highest BCUT2D eigenvalue weighted by Crippen LogP contribution is 2.33. The van der Waals surface area contributed by atoms with Gasteiger partial charge in [-0.1, -0.05) is 12.8 Å². The standard InChI is InChI=1S/C11H16N2/c1-9(8-10-2-3-10)13-11-4-6-12-7-5-11/h4-7,9-10H,2-3,8H2,1H3,(H,12,13). The normalized spacial score (nSPS) is 18.2. The Labute approximate surface area is 79.4 Å². The molecule has 1 fully saturated rings. The van der Waals surface area contributed by atoms with Crippen LogP contribution in [0.5, 0.6) is 0 Å². The van der Waals surface area contributed by atoms with Gasteiger partial charge in [-0.2, -0.15) is 0 Å². The van der Waals surface area contributed by atoms with Gasteiger partial charge >= 0.3 is 0 Å². The average molecular weight is 176 g/mol. The first-order valence-electron chi connectivity index (χ1n) is 5.01. The maximum atomic E-state index is 3.99. The lowest BCUT2D eigenvalue weighted by atomic mass is 10.1. The first kappa shape index (κ1) is 8.54. The quantitative estimate of drug-likeness (QED) is 0.763. The average Bonchev–Trinajstić information content (AvgIpc) is 2.90. The van der Waals surface area contributed by atoms with Gasteiger partial charge in [0, 0.05) is 24.1 Å². The molecule has 1 heterocycles. The lowest BCUT2D eigenvalue weighted by Crippen LogP contribution is -2.15. The molecule has 2 heteroatoms. The Morgan fingerprint density at radius 2 is 2.15 bits per heavy atom. The number of hydrogen-bond donors (Lipinski definition) is 1. The SMILES string of the molecule is CC(CC1CC1)Nc1ccncc1. The fourth-order valence-electron chi connectivity index (χ4n) is 1.65. The summed E-state index contributed by atoms with van der Waals surface area (Å²) in [5, 5.41) is 3.47. The van der Waals surface area contributed by atoms with E-state index < -0.39 is 0 Å². The topological polar surface area (TPSA) is 24.9 Å². The van der Waals surface area contributed by atoms with E-state index in [9.17, 15) is 0 Å². The number of nitrogens with one attached hydrogen (secondary N) is 1. The molecule has 0 amide bonds. The number of nitrogens with zero attached hydrogens (tertiary/aromatic N) is 1. The molecular formula is C11H16N2. The van der Waals surface area contributed by atoms with E-state index in [1.807, 2.05) is 24.5 Å². The highest BCUT2D eigenvalue weighted by atomic mass is 14.9. The van der Waals surface area contributed by atoms with Crippen LogP contribution in [0.15, 0.2) is 24.5 Å². The molecule has 0 aliphatic heterocycles. The monoisotopic (exact) mass is 176 g/mol. The van der Waals surface area contributed by atoms with Crippen molar-refractivity contribution in [2.75, 3.05) is 5.32 Å². The zero-order chi connectivity index (χ0) is 9.10. The molecule has 1 atom stereocenters. The maximum absolute atomic E-state index is 3.99. The molecule has 0 radical (unpaired) electrons. The van der Waals surface area contributed by atoms with Gasteiger partial charge in [-0.15, -0.1) is 0 Å². The van der Waals surface area contributed by atoms with Gasteiger partial charge in [0.05, 0.1) is 0 Å². The summed E-state index contributed by atoms with van der Waals surface area (Å²) in [6.45, 7) is 2.25. The second kappa shape index (κ2) is 3.77. The number of hydrogen-bond acceptors (Lipinski definition) is 2. The number of pyridine rings is 1. The van der Waals surface area contributed by atoms with Gasteiger partial charge in [0.25, 0.3) is 0 Å². The molecular weight excluding hydrogens is 160 g/mol. The summed E-state index contributed by atoms with van der Waals surface area (Å²) in [7, 11) is 0. The third-order valence-electron chi connectivity index (χ3n) is 2.48. The van der Waals surface area contributed by atoms with Crippen molar-refractivity contribution in [3.8, 4) is 0 Å².